The van der Waals surface area contributed by atoms with Gasteiger partial charge in [-0.2, -0.15) is 0 Å². The van der Waals surface area contributed by atoms with Crippen molar-refractivity contribution >= 4 is 23.2 Å². The molecule has 140 valence electrons. The van der Waals surface area contributed by atoms with E-state index in [0.29, 0.717) is 12.3 Å². The van der Waals surface area contributed by atoms with Crippen LogP contribution in [0, 0.1) is 16.0 Å². The number of hydrogen-bond donors (Lipinski definition) is 1. The van der Waals surface area contributed by atoms with Crippen LogP contribution in [0.4, 0.5) is 11.4 Å². The molecule has 1 saturated heterocycles. The fraction of sp³-hybridized carbons (Fsp3) is 0.556. The molecule has 1 aliphatic carbocycles. The smallest absolute Gasteiger partial charge is 0.271 e. The van der Waals surface area contributed by atoms with E-state index in [1.807, 2.05) is 4.90 Å². The molecule has 1 aliphatic heterocycles. The van der Waals surface area contributed by atoms with E-state index in [0.717, 1.165) is 25.7 Å². The Morgan fingerprint density at radius 3 is 2.69 bits per heavy atom. The average molecular weight is 361 g/mol. The van der Waals surface area contributed by atoms with Gasteiger partial charge in [0.05, 0.1) is 23.6 Å². The summed E-state index contributed by atoms with van der Waals surface area (Å²) in [6.07, 6.45) is 5.62. The summed E-state index contributed by atoms with van der Waals surface area (Å²) in [6, 6.07) is 4.27. The number of rotatable bonds is 5. The molecule has 2 aliphatic rings. The molecule has 0 radical (unpaired) electrons. The van der Waals surface area contributed by atoms with Crippen molar-refractivity contribution in [2.75, 3.05) is 19.0 Å². The number of hydrogen-bond acceptors (Lipinski definition) is 5. The highest BCUT2D eigenvalue weighted by Crippen LogP contribution is 2.32. The third-order valence-corrected chi connectivity index (χ3v) is 5.20. The van der Waals surface area contributed by atoms with Crippen molar-refractivity contribution in [1.29, 1.82) is 0 Å². The minimum Gasteiger partial charge on any atom is -0.495 e. The predicted molar refractivity (Wildman–Crippen MR) is 95.0 cm³/mol. The summed E-state index contributed by atoms with van der Waals surface area (Å²) in [6.45, 7) is 0.409. The summed E-state index contributed by atoms with van der Waals surface area (Å²) < 4.78 is 5.17. The quantitative estimate of drug-likeness (QED) is 0.642. The number of nitro benzene ring substituents is 1. The molecule has 1 atom stereocenters. The first-order valence-corrected chi connectivity index (χ1v) is 8.92. The average Bonchev–Trinajstić information content (AvgIpc) is 3.04. The molecule has 0 unspecified atom stereocenters. The number of amides is 2. The van der Waals surface area contributed by atoms with Crippen molar-refractivity contribution in [2.45, 2.75) is 44.6 Å². The number of likely N-dealkylation sites (tertiary alicyclic amines) is 1. The lowest BCUT2D eigenvalue weighted by molar-refractivity contribution is -0.384. The Labute approximate surface area is 151 Å². The molecular formula is C18H23N3O5. The number of benzene rings is 1. The summed E-state index contributed by atoms with van der Waals surface area (Å²) in [5, 5.41) is 13.7. The Morgan fingerprint density at radius 1 is 1.31 bits per heavy atom. The van der Waals surface area contributed by atoms with Crippen molar-refractivity contribution in [2.24, 2.45) is 5.92 Å². The molecule has 1 aromatic rings. The van der Waals surface area contributed by atoms with E-state index in [1.54, 1.807) is 0 Å². The molecule has 0 aromatic heterocycles. The van der Waals surface area contributed by atoms with Crippen molar-refractivity contribution in [1.82, 2.24) is 4.90 Å². The molecule has 1 aromatic carbocycles. The van der Waals surface area contributed by atoms with Gasteiger partial charge in [0.1, 0.15) is 5.75 Å². The third kappa shape index (κ3) is 3.79. The van der Waals surface area contributed by atoms with E-state index >= 15 is 0 Å². The molecule has 2 fully saturated rings. The van der Waals surface area contributed by atoms with E-state index in [4.69, 9.17) is 4.74 Å². The van der Waals surface area contributed by atoms with Gasteiger partial charge >= 0.3 is 0 Å². The maximum atomic E-state index is 12.6. The normalized spacial score (nSPS) is 20.9. The number of anilines is 1. The largest absolute Gasteiger partial charge is 0.495 e. The minimum absolute atomic E-state index is 0.0167. The Balaban J connectivity index is 1.69. The number of nitrogens with zero attached hydrogens (tertiary/aromatic N) is 2. The summed E-state index contributed by atoms with van der Waals surface area (Å²) in [5.74, 6) is -0.399. The van der Waals surface area contributed by atoms with Gasteiger partial charge in [0, 0.05) is 31.1 Å². The van der Waals surface area contributed by atoms with Crippen LogP contribution in [0.2, 0.25) is 0 Å². The fourth-order valence-electron chi connectivity index (χ4n) is 3.79. The zero-order valence-electron chi connectivity index (χ0n) is 14.8. The van der Waals surface area contributed by atoms with E-state index < -0.39 is 10.8 Å². The second-order valence-corrected chi connectivity index (χ2v) is 6.87. The predicted octanol–water partition coefficient (Wildman–Crippen LogP) is 2.72. The lowest BCUT2D eigenvalue weighted by atomic mass is 9.94. The number of non-ortho nitro benzene ring substituents is 1. The second-order valence-electron chi connectivity index (χ2n) is 6.87. The zero-order valence-corrected chi connectivity index (χ0v) is 14.8. The van der Waals surface area contributed by atoms with Crippen molar-refractivity contribution < 1.29 is 19.2 Å². The first kappa shape index (κ1) is 18.2. The van der Waals surface area contributed by atoms with Gasteiger partial charge in [-0.15, -0.1) is 0 Å². The number of methoxy groups -OCH3 is 1. The summed E-state index contributed by atoms with van der Waals surface area (Å²) in [7, 11) is 1.43. The number of ether oxygens (including phenoxy) is 1. The van der Waals surface area contributed by atoms with E-state index in [-0.39, 0.29) is 35.7 Å². The zero-order chi connectivity index (χ0) is 18.7. The molecule has 2 amide bonds. The number of carbonyl (C=O) groups excluding carboxylic acids is 2. The highest BCUT2D eigenvalue weighted by atomic mass is 16.6. The van der Waals surface area contributed by atoms with E-state index in [9.17, 15) is 19.7 Å². The van der Waals surface area contributed by atoms with Gasteiger partial charge in [-0.3, -0.25) is 19.7 Å². The maximum Gasteiger partial charge on any atom is 0.271 e. The van der Waals surface area contributed by atoms with Crippen molar-refractivity contribution in [3.05, 3.63) is 28.3 Å². The number of nitrogens with one attached hydrogen (secondary N) is 1. The Kier molecular flexibility index (Phi) is 5.39. The first-order valence-electron chi connectivity index (χ1n) is 8.92. The Morgan fingerprint density at radius 2 is 2.04 bits per heavy atom. The van der Waals surface area contributed by atoms with Crippen molar-refractivity contribution in [3.8, 4) is 5.75 Å². The summed E-state index contributed by atoms with van der Waals surface area (Å²) in [5.41, 5.74) is 0.114. The highest BCUT2D eigenvalue weighted by Gasteiger charge is 2.38. The monoisotopic (exact) mass is 361 g/mol. The summed E-state index contributed by atoms with van der Waals surface area (Å²) in [4.78, 5) is 37.2. The van der Waals surface area contributed by atoms with Gasteiger partial charge in [0.25, 0.3) is 5.69 Å². The van der Waals surface area contributed by atoms with Gasteiger partial charge in [-0.05, 0) is 18.9 Å². The number of nitro groups is 1. The maximum absolute atomic E-state index is 12.6. The van der Waals surface area contributed by atoms with Crippen LogP contribution >= 0.6 is 0 Å². The molecule has 0 spiro atoms. The van der Waals surface area contributed by atoms with Gasteiger partial charge in [0.2, 0.25) is 11.8 Å². The van der Waals surface area contributed by atoms with Crippen LogP contribution in [0.15, 0.2) is 18.2 Å². The van der Waals surface area contributed by atoms with Crippen LogP contribution in [0.25, 0.3) is 0 Å². The molecule has 1 heterocycles. The van der Waals surface area contributed by atoms with Crippen LogP contribution in [0.3, 0.4) is 0 Å². The summed E-state index contributed by atoms with van der Waals surface area (Å²) >= 11 is 0. The topological polar surface area (TPSA) is 102 Å². The Bertz CT molecular complexity index is 715. The second kappa shape index (κ2) is 7.72. The molecule has 8 heteroatoms. The van der Waals surface area contributed by atoms with E-state index in [1.165, 1.54) is 31.7 Å². The molecule has 1 N–H and O–H groups in total. The molecule has 8 nitrogen and oxygen atoms in total. The van der Waals surface area contributed by atoms with E-state index in [2.05, 4.69) is 5.32 Å². The van der Waals surface area contributed by atoms with Gasteiger partial charge in [-0.25, -0.2) is 0 Å². The van der Waals surface area contributed by atoms with Gasteiger partial charge < -0.3 is 15.0 Å². The van der Waals surface area contributed by atoms with Gasteiger partial charge in [0.15, 0.2) is 0 Å². The Hall–Kier alpha value is -2.64. The number of carbonyl (C=O) groups is 2. The third-order valence-electron chi connectivity index (χ3n) is 5.20. The van der Waals surface area contributed by atoms with Crippen LogP contribution in [0.1, 0.15) is 38.5 Å². The first-order chi connectivity index (χ1) is 12.5. The fourth-order valence-corrected chi connectivity index (χ4v) is 3.79. The lowest BCUT2D eigenvalue weighted by Crippen LogP contribution is -2.38. The van der Waals surface area contributed by atoms with Crippen LogP contribution in [0.5, 0.6) is 5.75 Å². The highest BCUT2D eigenvalue weighted by molar-refractivity contribution is 5.98. The molecule has 0 bridgehead atoms. The standard InChI is InChI=1S/C18H23N3O5/c1-26-16-8-7-14(21(24)25)10-15(16)19-18(23)12-9-17(22)20(11-12)13-5-3-2-4-6-13/h7-8,10,12-13H,2-6,9,11H2,1H3,(H,19,23)/t12-/m1/s1. The van der Waals surface area contributed by atoms with Gasteiger partial charge in [-0.1, -0.05) is 19.3 Å². The minimum atomic E-state index is -0.529. The molecule has 26 heavy (non-hydrogen) atoms. The van der Waals surface area contributed by atoms with Crippen LogP contribution in [-0.4, -0.2) is 41.3 Å². The van der Waals surface area contributed by atoms with Crippen LogP contribution < -0.4 is 10.1 Å². The molecule has 1 saturated carbocycles. The molecule has 3 rings (SSSR count). The molecular weight excluding hydrogens is 338 g/mol. The SMILES string of the molecule is COc1ccc([N+](=O)[O-])cc1NC(=O)[C@@H]1CC(=O)N(C2CCCCC2)C1. The van der Waals surface area contributed by atoms with Crippen molar-refractivity contribution in [3.63, 3.8) is 0 Å². The lowest BCUT2D eigenvalue weighted by Gasteiger charge is -2.31. The van der Waals surface area contributed by atoms with Crippen LogP contribution in [-0.2, 0) is 9.59 Å².